The quantitative estimate of drug-likeness (QED) is 0.172. The molecule has 244 valence electrons. The Labute approximate surface area is 278 Å². The minimum atomic E-state index is -0.826. The second-order valence-electron chi connectivity index (χ2n) is 12.0. The molecule has 1 saturated heterocycles. The number of pyridine rings is 1. The third kappa shape index (κ3) is 5.59. The molecule has 0 bridgehead atoms. The summed E-state index contributed by atoms with van der Waals surface area (Å²) in [5.74, 6) is -2.11. The summed E-state index contributed by atoms with van der Waals surface area (Å²) in [5.41, 5.74) is 4.89. The van der Waals surface area contributed by atoms with Crippen LogP contribution in [0, 0.1) is 17.6 Å². The van der Waals surface area contributed by atoms with Gasteiger partial charge >= 0.3 is 0 Å². The minimum absolute atomic E-state index is 0.00252. The van der Waals surface area contributed by atoms with Gasteiger partial charge in [0.2, 0.25) is 11.8 Å². The Balaban J connectivity index is 1.43. The van der Waals surface area contributed by atoms with Crippen LogP contribution >= 0.6 is 11.3 Å². The van der Waals surface area contributed by atoms with Crippen LogP contribution in [0.25, 0.3) is 54.9 Å². The van der Waals surface area contributed by atoms with E-state index in [1.165, 1.54) is 17.4 Å². The van der Waals surface area contributed by atoms with Gasteiger partial charge in [-0.1, -0.05) is 12.6 Å². The topological polar surface area (TPSA) is 118 Å². The van der Waals surface area contributed by atoms with Crippen molar-refractivity contribution in [1.29, 1.82) is 0 Å². The Hall–Kier alpha value is -5.43. The van der Waals surface area contributed by atoms with Crippen molar-refractivity contribution < 1.29 is 23.1 Å². The molecule has 0 spiro atoms. The number of likely N-dealkylation sites (tertiary alicyclic amines) is 1. The number of hydrogen-bond donors (Lipinski definition) is 2. The molecule has 2 aromatic carbocycles. The first-order valence-corrected chi connectivity index (χ1v) is 16.2. The number of rotatable bonds is 9. The number of benzene rings is 2. The highest BCUT2D eigenvalue weighted by molar-refractivity contribution is 7.18. The second kappa shape index (κ2) is 12.3. The Morgan fingerprint density at radius 3 is 2.79 bits per heavy atom. The van der Waals surface area contributed by atoms with Crippen LogP contribution in [-0.2, 0) is 16.6 Å². The Morgan fingerprint density at radius 2 is 2.02 bits per heavy atom. The van der Waals surface area contributed by atoms with Crippen molar-refractivity contribution in [2.24, 2.45) is 13.0 Å². The number of aryl methyl sites for hydroxylation is 1. The summed E-state index contributed by atoms with van der Waals surface area (Å²) >= 11 is 1.39. The molecule has 10 nitrogen and oxygen atoms in total. The first-order chi connectivity index (χ1) is 23.1. The highest BCUT2D eigenvalue weighted by Gasteiger charge is 2.30. The van der Waals surface area contributed by atoms with Crippen LogP contribution in [0.1, 0.15) is 25.1 Å². The van der Waals surface area contributed by atoms with E-state index in [4.69, 9.17) is 9.72 Å². The zero-order chi connectivity index (χ0) is 33.7. The summed E-state index contributed by atoms with van der Waals surface area (Å²) in [6.07, 6.45) is 3.21. The van der Waals surface area contributed by atoms with E-state index in [0.717, 1.165) is 34.1 Å². The number of halogens is 2. The number of nitrogens with one attached hydrogen (secondary N) is 2. The Morgan fingerprint density at radius 1 is 1.19 bits per heavy atom. The number of carbonyl (C=O) groups is 2. The zero-order valence-corrected chi connectivity index (χ0v) is 27.2. The minimum Gasteiger partial charge on any atom is -0.492 e. The molecule has 1 aliphatic rings. The maximum absolute atomic E-state index is 16.2. The predicted molar refractivity (Wildman–Crippen MR) is 180 cm³/mol. The summed E-state index contributed by atoms with van der Waals surface area (Å²) in [4.78, 5) is 35.5. The monoisotopic (exact) mass is 667 g/mol. The lowest BCUT2D eigenvalue weighted by molar-refractivity contribution is -0.126. The molecule has 6 aromatic rings. The van der Waals surface area contributed by atoms with Crippen LogP contribution in [0.4, 0.5) is 8.78 Å². The number of nitrogens with zero attached hydrogens (tertiary/aromatic N) is 5. The van der Waals surface area contributed by atoms with Crippen LogP contribution < -0.4 is 10.1 Å². The van der Waals surface area contributed by atoms with Gasteiger partial charge in [0.05, 0.1) is 47.0 Å². The summed E-state index contributed by atoms with van der Waals surface area (Å²) in [6, 6.07) is 11.1. The number of H-pyrrole nitrogens is 1. The molecule has 0 radical (unpaired) electrons. The van der Waals surface area contributed by atoms with Crippen molar-refractivity contribution >= 4 is 44.3 Å². The largest absolute Gasteiger partial charge is 0.492 e. The van der Waals surface area contributed by atoms with Gasteiger partial charge < -0.3 is 19.5 Å². The number of aromatic amines is 1. The van der Waals surface area contributed by atoms with Crippen molar-refractivity contribution in [1.82, 2.24) is 34.9 Å². The SMILES string of the molecule is C=CC(=O)N[C@H](C)c1cc(-c2nc(-c3ccc4c(c3)ncn4C)c3ccsc3c2-c2c(F)cc(F)cc2OC[C@@H]2CC(=O)N(C)C2)n[nH]1. The zero-order valence-electron chi connectivity index (χ0n) is 26.4. The van der Waals surface area contributed by atoms with Gasteiger partial charge in [0.1, 0.15) is 28.8 Å². The van der Waals surface area contributed by atoms with Crippen molar-refractivity contribution in [2.45, 2.75) is 19.4 Å². The number of carbonyl (C=O) groups excluding carboxylic acids is 2. The first kappa shape index (κ1) is 31.2. The molecule has 2 atom stereocenters. The Kier molecular flexibility index (Phi) is 7.99. The molecule has 13 heteroatoms. The van der Waals surface area contributed by atoms with Crippen LogP contribution in [0.3, 0.4) is 0 Å². The van der Waals surface area contributed by atoms with E-state index >= 15 is 4.39 Å². The highest BCUT2D eigenvalue weighted by Crippen LogP contribution is 2.47. The normalized spacial score (nSPS) is 15.4. The molecule has 0 aliphatic carbocycles. The number of thiophene rings is 1. The van der Waals surface area contributed by atoms with E-state index in [2.05, 4.69) is 27.1 Å². The van der Waals surface area contributed by atoms with Crippen molar-refractivity contribution in [2.75, 3.05) is 20.2 Å². The van der Waals surface area contributed by atoms with E-state index in [1.807, 2.05) is 41.3 Å². The molecule has 2 amide bonds. The van der Waals surface area contributed by atoms with Crippen LogP contribution in [-0.4, -0.2) is 61.6 Å². The van der Waals surface area contributed by atoms with Gasteiger partial charge in [0, 0.05) is 66.3 Å². The average Bonchev–Trinajstić information content (AvgIpc) is 3.87. The van der Waals surface area contributed by atoms with Crippen LogP contribution in [0.5, 0.6) is 5.75 Å². The summed E-state index contributed by atoms with van der Waals surface area (Å²) in [5, 5.41) is 13.0. The van der Waals surface area contributed by atoms with E-state index in [9.17, 15) is 14.0 Å². The molecule has 2 N–H and O–H groups in total. The molecule has 48 heavy (non-hydrogen) atoms. The van der Waals surface area contributed by atoms with E-state index in [-0.39, 0.29) is 42.1 Å². The maximum Gasteiger partial charge on any atom is 0.243 e. The van der Waals surface area contributed by atoms with Gasteiger partial charge in [-0.15, -0.1) is 11.3 Å². The van der Waals surface area contributed by atoms with Gasteiger partial charge in [-0.2, -0.15) is 5.10 Å². The molecule has 0 saturated carbocycles. The lowest BCUT2D eigenvalue weighted by Gasteiger charge is -2.19. The summed E-state index contributed by atoms with van der Waals surface area (Å²) in [7, 11) is 3.64. The number of amides is 2. The van der Waals surface area contributed by atoms with Gasteiger partial charge in [-0.25, -0.2) is 18.7 Å². The summed E-state index contributed by atoms with van der Waals surface area (Å²) in [6.45, 7) is 5.88. The van der Waals surface area contributed by atoms with Gasteiger partial charge in [-0.3, -0.25) is 14.7 Å². The lowest BCUT2D eigenvalue weighted by Crippen LogP contribution is -2.24. The van der Waals surface area contributed by atoms with Gasteiger partial charge in [0.25, 0.3) is 0 Å². The smallest absolute Gasteiger partial charge is 0.243 e. The Bertz CT molecular complexity index is 2240. The molecule has 7 rings (SSSR count). The van der Waals surface area contributed by atoms with Gasteiger partial charge in [-0.05, 0) is 42.6 Å². The molecule has 1 fully saturated rings. The molecule has 0 unspecified atom stereocenters. The van der Waals surface area contributed by atoms with E-state index < -0.39 is 17.7 Å². The third-order valence-electron chi connectivity index (χ3n) is 8.62. The fourth-order valence-electron chi connectivity index (χ4n) is 6.16. The number of ether oxygens (including phenoxy) is 1. The standard InChI is InChI=1S/C35H31F2N7O3S/c1-5-29(45)39-18(2)24-14-26(42-41-24)34-32(31-23(37)12-21(36)13-28(31)47-16-19-10-30(46)43(3)15-19)35-22(8-9-48-35)33(40-34)20-6-7-27-25(11-20)38-17-44(27)4/h5-9,11-14,17-19H,1,10,15-16H2,2-4H3,(H,39,45)(H,41,42)/t18-,19-/m1/s1. The fourth-order valence-corrected chi connectivity index (χ4v) is 7.11. The van der Waals surface area contributed by atoms with E-state index in [0.29, 0.717) is 39.6 Å². The second-order valence-corrected chi connectivity index (χ2v) is 12.9. The van der Waals surface area contributed by atoms with Gasteiger partial charge in [0.15, 0.2) is 0 Å². The molecular weight excluding hydrogens is 636 g/mol. The summed E-state index contributed by atoms with van der Waals surface area (Å²) < 4.78 is 39.7. The number of aromatic nitrogens is 5. The third-order valence-corrected chi connectivity index (χ3v) is 9.55. The number of hydrogen-bond acceptors (Lipinski definition) is 7. The van der Waals surface area contributed by atoms with Crippen molar-refractivity contribution in [3.05, 3.63) is 84.2 Å². The number of fused-ring (bicyclic) bond motifs is 2. The highest BCUT2D eigenvalue weighted by atomic mass is 32.1. The van der Waals surface area contributed by atoms with Crippen LogP contribution in [0.15, 0.2) is 66.8 Å². The molecule has 5 heterocycles. The molecular formula is C35H31F2N7O3S. The maximum atomic E-state index is 16.2. The average molecular weight is 668 g/mol. The first-order valence-electron chi connectivity index (χ1n) is 15.3. The van der Waals surface area contributed by atoms with E-state index in [1.54, 1.807) is 31.3 Å². The number of imidazole rings is 1. The van der Waals surface area contributed by atoms with Crippen LogP contribution in [0.2, 0.25) is 0 Å². The molecule has 1 aliphatic heterocycles. The van der Waals surface area contributed by atoms with Crippen molar-refractivity contribution in [3.63, 3.8) is 0 Å². The van der Waals surface area contributed by atoms with Crippen molar-refractivity contribution in [3.8, 4) is 39.5 Å². The fraction of sp³-hybridized carbons (Fsp3) is 0.229. The molecule has 4 aromatic heterocycles. The predicted octanol–water partition coefficient (Wildman–Crippen LogP) is 6.41. The lowest BCUT2D eigenvalue weighted by atomic mass is 9.96.